The molecule has 0 aliphatic heterocycles. The predicted octanol–water partition coefficient (Wildman–Crippen LogP) is 7.01. The number of hydrogen-bond acceptors (Lipinski definition) is 1. The van der Waals surface area contributed by atoms with E-state index in [4.69, 9.17) is 0 Å². The maximum absolute atomic E-state index is 13.9. The second-order valence-electron chi connectivity index (χ2n) is 6.21. The first-order valence-corrected chi connectivity index (χ1v) is 9.68. The summed E-state index contributed by atoms with van der Waals surface area (Å²) in [6.07, 6.45) is -4.15. The van der Waals surface area contributed by atoms with Crippen molar-refractivity contribution >= 4 is 0 Å². The van der Waals surface area contributed by atoms with Gasteiger partial charge in [-0.1, -0.05) is 58.9 Å². The third-order valence-electron chi connectivity index (χ3n) is 5.22. The zero-order valence-electron chi connectivity index (χ0n) is 18.1. The maximum Gasteiger partial charge on any atom is 0.425 e. The number of rotatable bonds is 1. The van der Waals surface area contributed by atoms with Gasteiger partial charge >= 0.3 is 6.18 Å². The van der Waals surface area contributed by atoms with Gasteiger partial charge in [-0.2, -0.15) is 13.2 Å². The first-order valence-electron chi connectivity index (χ1n) is 9.68. The predicted molar refractivity (Wildman–Crippen MR) is 107 cm³/mol. The largest absolute Gasteiger partial charge is 0.425 e. The molecule has 0 fully saturated rings. The summed E-state index contributed by atoms with van der Waals surface area (Å²) in [6.45, 7) is 15.4. The van der Waals surface area contributed by atoms with E-state index < -0.39 is 11.8 Å². The summed E-state index contributed by atoms with van der Waals surface area (Å²) in [6, 6.07) is 6.31. The molecule has 1 aliphatic rings. The Hall–Kier alpha value is -0.758. The van der Waals surface area contributed by atoms with E-state index in [9.17, 15) is 18.3 Å². The van der Waals surface area contributed by atoms with Crippen molar-refractivity contribution in [1.29, 1.82) is 0 Å². The zero-order valence-corrected chi connectivity index (χ0v) is 22.3. The Bertz CT molecular complexity index is 812. The molecule has 5 heteroatoms. The smallest absolute Gasteiger partial charge is 0.372 e. The fourth-order valence-electron chi connectivity index (χ4n) is 3.86. The van der Waals surface area contributed by atoms with E-state index in [2.05, 4.69) is 0 Å². The quantitative estimate of drug-likeness (QED) is 0.365. The average molecular weight is 619 g/mol. The van der Waals surface area contributed by atoms with E-state index in [0.29, 0.717) is 23.1 Å². The minimum Gasteiger partial charge on any atom is -0.372 e. The van der Waals surface area contributed by atoms with Crippen molar-refractivity contribution in [1.82, 2.24) is 0 Å². The van der Waals surface area contributed by atoms with Gasteiger partial charge in [0.05, 0.1) is 0 Å². The second-order valence-corrected chi connectivity index (χ2v) is 6.21. The van der Waals surface area contributed by atoms with Gasteiger partial charge in [0, 0.05) is 42.2 Å². The van der Waals surface area contributed by atoms with Crippen molar-refractivity contribution in [3.8, 4) is 11.1 Å². The van der Waals surface area contributed by atoms with Crippen LogP contribution in [0.25, 0.3) is 11.1 Å². The SMILES string of the molecule is CC.CC.CCc1c(C)c(C)c(C)c2c1-c1ccccc1C2(O)C(F)(F)F.[U]. The van der Waals surface area contributed by atoms with Gasteiger partial charge in [-0.25, -0.2) is 0 Å². The Morgan fingerprint density at radius 3 is 1.86 bits per heavy atom. The number of hydrogen-bond donors (Lipinski definition) is 1. The summed E-state index contributed by atoms with van der Waals surface area (Å²) in [4.78, 5) is 0. The van der Waals surface area contributed by atoms with Crippen LogP contribution in [0.2, 0.25) is 0 Å². The van der Waals surface area contributed by atoms with Crippen molar-refractivity contribution in [3.63, 3.8) is 0 Å². The molecular weight excluding hydrogens is 587 g/mol. The van der Waals surface area contributed by atoms with Crippen LogP contribution in [0.1, 0.15) is 68.0 Å². The van der Waals surface area contributed by atoms with Crippen molar-refractivity contribution in [2.75, 3.05) is 0 Å². The third kappa shape index (κ3) is 3.96. The molecule has 0 saturated carbocycles. The van der Waals surface area contributed by atoms with Crippen LogP contribution in [0.5, 0.6) is 0 Å². The first-order chi connectivity index (χ1) is 12.7. The summed E-state index contributed by atoms with van der Waals surface area (Å²) in [5.74, 6) is 0. The van der Waals surface area contributed by atoms with Crippen LogP contribution >= 0.6 is 0 Å². The van der Waals surface area contributed by atoms with Gasteiger partial charge in [-0.3, -0.25) is 0 Å². The van der Waals surface area contributed by atoms with Gasteiger partial charge in [0.25, 0.3) is 0 Å². The molecule has 0 spiro atoms. The van der Waals surface area contributed by atoms with Crippen LogP contribution in [-0.2, 0) is 12.0 Å². The van der Waals surface area contributed by atoms with Gasteiger partial charge in [-0.15, -0.1) is 0 Å². The third-order valence-corrected chi connectivity index (χ3v) is 5.22. The van der Waals surface area contributed by atoms with Crippen molar-refractivity contribution in [2.45, 2.75) is 73.6 Å². The number of benzene rings is 2. The normalized spacial score (nSPS) is 16.6. The minimum atomic E-state index is -4.77. The summed E-state index contributed by atoms with van der Waals surface area (Å²) in [5.41, 5.74) is 1.28. The molecule has 3 rings (SSSR count). The first kappa shape index (κ1) is 27.2. The molecule has 28 heavy (non-hydrogen) atoms. The minimum absolute atomic E-state index is 0. The van der Waals surface area contributed by atoms with E-state index in [0.717, 1.165) is 16.7 Å². The Balaban J connectivity index is 0.00000137. The molecule has 154 valence electrons. The van der Waals surface area contributed by atoms with Gasteiger partial charge in [0.15, 0.2) is 0 Å². The second kappa shape index (κ2) is 10.3. The van der Waals surface area contributed by atoms with Crippen molar-refractivity contribution in [3.05, 3.63) is 57.6 Å². The van der Waals surface area contributed by atoms with Crippen LogP contribution in [0.4, 0.5) is 13.2 Å². The molecule has 0 aromatic heterocycles. The van der Waals surface area contributed by atoms with Crippen molar-refractivity contribution in [2.24, 2.45) is 0 Å². The molecule has 1 aliphatic carbocycles. The molecule has 0 bridgehead atoms. The Morgan fingerprint density at radius 1 is 0.893 bits per heavy atom. The van der Waals surface area contributed by atoms with E-state index in [-0.39, 0.29) is 42.2 Å². The number of alkyl halides is 3. The summed E-state index contributed by atoms with van der Waals surface area (Å²) in [7, 11) is 0. The monoisotopic (exact) mass is 618 g/mol. The summed E-state index contributed by atoms with van der Waals surface area (Å²) >= 11 is 0. The molecule has 1 nitrogen and oxygen atoms in total. The molecule has 0 saturated heterocycles. The molecule has 1 N–H and O–H groups in total. The number of aliphatic hydroxyl groups is 1. The van der Waals surface area contributed by atoms with Crippen LogP contribution in [0.3, 0.4) is 0 Å². The van der Waals surface area contributed by atoms with E-state index in [1.165, 1.54) is 6.07 Å². The molecule has 2 aromatic carbocycles. The molecule has 1 atom stereocenters. The molecule has 1 unspecified atom stereocenters. The van der Waals surface area contributed by atoms with Crippen LogP contribution < -0.4 is 0 Å². The molecular formula is C23H31F3OU. The van der Waals surface area contributed by atoms with Gasteiger partial charge in [0.1, 0.15) is 0 Å². The van der Waals surface area contributed by atoms with Gasteiger partial charge < -0.3 is 5.11 Å². The Morgan fingerprint density at radius 2 is 1.39 bits per heavy atom. The Labute approximate surface area is 191 Å². The zero-order chi connectivity index (χ0) is 21.2. The molecule has 2 aromatic rings. The Kier molecular flexibility index (Phi) is 10.0. The van der Waals surface area contributed by atoms with Crippen LogP contribution in [0.15, 0.2) is 24.3 Å². The summed E-state index contributed by atoms with van der Waals surface area (Å²) < 4.78 is 41.7. The number of halogens is 3. The van der Waals surface area contributed by atoms with E-state index in [1.807, 2.05) is 48.5 Å². The van der Waals surface area contributed by atoms with E-state index in [1.54, 1.807) is 25.1 Å². The van der Waals surface area contributed by atoms with Crippen LogP contribution in [-0.4, -0.2) is 11.3 Å². The topological polar surface area (TPSA) is 20.2 Å². The number of fused-ring (bicyclic) bond motifs is 3. The molecule has 0 amide bonds. The van der Waals surface area contributed by atoms with E-state index >= 15 is 0 Å². The van der Waals surface area contributed by atoms with Crippen molar-refractivity contribution < 1.29 is 49.4 Å². The van der Waals surface area contributed by atoms with Crippen LogP contribution in [0, 0.1) is 51.9 Å². The molecule has 0 heterocycles. The fourth-order valence-corrected chi connectivity index (χ4v) is 3.86. The van der Waals surface area contributed by atoms with Gasteiger partial charge in [-0.05, 0) is 60.6 Å². The fraction of sp³-hybridized carbons (Fsp3) is 0.478. The average Bonchev–Trinajstić information content (AvgIpc) is 2.94. The molecule has 0 radical (unpaired) electrons. The maximum atomic E-state index is 13.9. The standard InChI is InChI=1S/C19H19F3O.2C2H6.U/c1-5-13-11(3)10(2)12(4)17-16(13)14-8-6-7-9-15(14)18(17,23)19(20,21)22;2*1-2;/h6-9,23H,5H2,1-4H3;2*1-2H3;. The summed E-state index contributed by atoms with van der Waals surface area (Å²) in [5, 5.41) is 10.8. The van der Waals surface area contributed by atoms with Gasteiger partial charge in [0.2, 0.25) is 5.60 Å².